The summed E-state index contributed by atoms with van der Waals surface area (Å²) < 4.78 is 5.26. The van der Waals surface area contributed by atoms with E-state index in [2.05, 4.69) is 25.8 Å². The lowest BCUT2D eigenvalue weighted by molar-refractivity contribution is 0.0869. The molecule has 0 aromatic carbocycles. The maximum atomic E-state index is 5.89. The maximum absolute atomic E-state index is 5.89. The van der Waals surface area contributed by atoms with E-state index < -0.39 is 0 Å². The van der Waals surface area contributed by atoms with Gasteiger partial charge in [-0.3, -0.25) is 4.99 Å². The van der Waals surface area contributed by atoms with E-state index in [9.17, 15) is 0 Å². The molecule has 13 heavy (non-hydrogen) atoms. The number of ether oxygens (including phenoxy) is 1. The molecule has 0 aliphatic carbocycles. The van der Waals surface area contributed by atoms with Crippen molar-refractivity contribution in [2.45, 2.75) is 39.7 Å². The second-order valence-corrected chi connectivity index (χ2v) is 4.61. The number of nitrogens with zero attached hydrogens (tertiary/aromatic N) is 1. The van der Waals surface area contributed by atoms with Crippen LogP contribution in [0.25, 0.3) is 0 Å². The molecule has 0 bridgehead atoms. The number of aliphatic imine (C=N–C) groups is 1. The fourth-order valence-corrected chi connectivity index (χ4v) is 1.20. The van der Waals surface area contributed by atoms with Crippen LogP contribution in [0, 0.1) is 5.41 Å². The van der Waals surface area contributed by atoms with Crippen LogP contribution in [0.1, 0.15) is 33.6 Å². The van der Waals surface area contributed by atoms with E-state index in [-0.39, 0.29) is 5.41 Å². The summed E-state index contributed by atoms with van der Waals surface area (Å²) in [6.45, 7) is 7.92. The third-order valence-corrected chi connectivity index (χ3v) is 2.28. The number of rotatable bonds is 1. The minimum Gasteiger partial charge on any atom is -0.387 e. The van der Waals surface area contributed by atoms with Crippen molar-refractivity contribution in [1.29, 1.82) is 0 Å². The Bertz CT molecular complexity index is 188. The zero-order chi connectivity index (χ0) is 9.90. The first-order valence-corrected chi connectivity index (χ1v) is 4.91. The topological polar surface area (TPSA) is 47.6 Å². The SMILES string of the molecule is CC(C)(C)C(N)=NC1CCOCC1. The summed E-state index contributed by atoms with van der Waals surface area (Å²) in [5.41, 5.74) is 5.89. The highest BCUT2D eigenvalue weighted by Gasteiger charge is 2.19. The summed E-state index contributed by atoms with van der Waals surface area (Å²) in [6, 6.07) is 0.382. The second-order valence-electron chi connectivity index (χ2n) is 4.61. The van der Waals surface area contributed by atoms with E-state index in [4.69, 9.17) is 10.5 Å². The Morgan fingerprint density at radius 1 is 1.31 bits per heavy atom. The van der Waals surface area contributed by atoms with Gasteiger partial charge in [-0.05, 0) is 12.8 Å². The molecule has 0 radical (unpaired) electrons. The predicted octanol–water partition coefficient (Wildman–Crippen LogP) is 1.57. The minimum absolute atomic E-state index is 0.00168. The van der Waals surface area contributed by atoms with Crippen LogP contribution in [0.15, 0.2) is 4.99 Å². The molecule has 0 spiro atoms. The lowest BCUT2D eigenvalue weighted by Gasteiger charge is -2.23. The average Bonchev–Trinajstić information content (AvgIpc) is 2.04. The van der Waals surface area contributed by atoms with Gasteiger partial charge in [0, 0.05) is 18.6 Å². The number of hydrogen-bond acceptors (Lipinski definition) is 2. The quantitative estimate of drug-likeness (QED) is 0.496. The second kappa shape index (κ2) is 4.09. The highest BCUT2D eigenvalue weighted by Crippen LogP contribution is 2.17. The summed E-state index contributed by atoms with van der Waals surface area (Å²) in [5, 5.41) is 0. The van der Waals surface area contributed by atoms with E-state index in [0.717, 1.165) is 31.9 Å². The van der Waals surface area contributed by atoms with Crippen molar-refractivity contribution >= 4 is 5.84 Å². The molecule has 0 aromatic rings. The van der Waals surface area contributed by atoms with E-state index in [1.807, 2.05) is 0 Å². The molecule has 0 saturated carbocycles. The van der Waals surface area contributed by atoms with Crippen LogP contribution in [0.5, 0.6) is 0 Å². The first-order valence-electron chi connectivity index (χ1n) is 4.91. The van der Waals surface area contributed by atoms with Crippen molar-refractivity contribution in [2.75, 3.05) is 13.2 Å². The largest absolute Gasteiger partial charge is 0.387 e. The lowest BCUT2D eigenvalue weighted by atomic mass is 9.95. The van der Waals surface area contributed by atoms with Crippen molar-refractivity contribution < 1.29 is 4.74 Å². The van der Waals surface area contributed by atoms with Crippen LogP contribution in [0.3, 0.4) is 0 Å². The van der Waals surface area contributed by atoms with Crippen molar-refractivity contribution in [3.05, 3.63) is 0 Å². The van der Waals surface area contributed by atoms with Gasteiger partial charge in [-0.15, -0.1) is 0 Å². The molecule has 1 aliphatic rings. The van der Waals surface area contributed by atoms with E-state index in [0.29, 0.717) is 6.04 Å². The zero-order valence-corrected chi connectivity index (χ0v) is 8.84. The van der Waals surface area contributed by atoms with E-state index in [1.54, 1.807) is 0 Å². The van der Waals surface area contributed by atoms with Gasteiger partial charge in [0.1, 0.15) is 0 Å². The summed E-state index contributed by atoms with van der Waals surface area (Å²) in [5.74, 6) is 0.763. The molecular weight excluding hydrogens is 164 g/mol. The molecule has 0 amide bonds. The van der Waals surface area contributed by atoms with Crippen molar-refractivity contribution in [1.82, 2.24) is 0 Å². The molecule has 0 aromatic heterocycles. The Hall–Kier alpha value is -0.570. The molecule has 1 fully saturated rings. The first kappa shape index (κ1) is 10.5. The van der Waals surface area contributed by atoms with Gasteiger partial charge < -0.3 is 10.5 Å². The van der Waals surface area contributed by atoms with E-state index in [1.165, 1.54) is 0 Å². The Labute approximate surface area is 80.4 Å². The van der Waals surface area contributed by atoms with Gasteiger partial charge in [0.25, 0.3) is 0 Å². The van der Waals surface area contributed by atoms with Crippen LogP contribution in [0.4, 0.5) is 0 Å². The molecule has 3 nitrogen and oxygen atoms in total. The fourth-order valence-electron chi connectivity index (χ4n) is 1.20. The van der Waals surface area contributed by atoms with Gasteiger partial charge in [0.15, 0.2) is 0 Å². The summed E-state index contributed by atoms with van der Waals surface area (Å²) in [6.07, 6.45) is 2.02. The molecule has 0 unspecified atom stereocenters. The monoisotopic (exact) mass is 184 g/mol. The lowest BCUT2D eigenvalue weighted by Crippen LogP contribution is -2.32. The fraction of sp³-hybridized carbons (Fsp3) is 0.900. The Morgan fingerprint density at radius 2 is 1.85 bits per heavy atom. The third-order valence-electron chi connectivity index (χ3n) is 2.28. The number of hydrogen-bond donors (Lipinski definition) is 1. The highest BCUT2D eigenvalue weighted by atomic mass is 16.5. The summed E-state index contributed by atoms with van der Waals surface area (Å²) >= 11 is 0. The molecule has 1 heterocycles. The van der Waals surface area contributed by atoms with Crippen LogP contribution >= 0.6 is 0 Å². The van der Waals surface area contributed by atoms with E-state index >= 15 is 0 Å². The molecular formula is C10H20N2O. The van der Waals surface area contributed by atoms with Gasteiger partial charge >= 0.3 is 0 Å². The van der Waals surface area contributed by atoms with Gasteiger partial charge in [-0.2, -0.15) is 0 Å². The van der Waals surface area contributed by atoms with Gasteiger partial charge in [0.05, 0.1) is 11.9 Å². The van der Waals surface area contributed by atoms with Crippen molar-refractivity contribution in [3.8, 4) is 0 Å². The van der Waals surface area contributed by atoms with Crippen LogP contribution in [-0.2, 0) is 4.74 Å². The first-order chi connectivity index (χ1) is 6.00. The Kier molecular flexibility index (Phi) is 3.31. The normalized spacial score (nSPS) is 21.9. The Balaban J connectivity index is 2.53. The standard InChI is InChI=1S/C10H20N2O/c1-10(2,3)9(11)12-8-4-6-13-7-5-8/h8H,4-7H2,1-3H3,(H2,11,12). The molecule has 1 aliphatic heterocycles. The number of amidine groups is 1. The molecule has 3 heteroatoms. The van der Waals surface area contributed by atoms with Crippen LogP contribution in [0.2, 0.25) is 0 Å². The summed E-state index contributed by atoms with van der Waals surface area (Å²) in [4.78, 5) is 4.52. The maximum Gasteiger partial charge on any atom is 0.0994 e. The van der Waals surface area contributed by atoms with Gasteiger partial charge in [-0.1, -0.05) is 20.8 Å². The highest BCUT2D eigenvalue weighted by molar-refractivity contribution is 5.85. The predicted molar refractivity (Wildman–Crippen MR) is 54.9 cm³/mol. The molecule has 0 atom stereocenters. The summed E-state index contributed by atoms with van der Waals surface area (Å²) in [7, 11) is 0. The molecule has 76 valence electrons. The molecule has 2 N–H and O–H groups in total. The molecule has 1 rings (SSSR count). The average molecular weight is 184 g/mol. The van der Waals surface area contributed by atoms with Crippen molar-refractivity contribution in [2.24, 2.45) is 16.1 Å². The smallest absolute Gasteiger partial charge is 0.0994 e. The zero-order valence-electron chi connectivity index (χ0n) is 8.84. The molecule has 1 saturated heterocycles. The third kappa shape index (κ3) is 3.35. The van der Waals surface area contributed by atoms with Gasteiger partial charge in [-0.25, -0.2) is 0 Å². The number of nitrogens with two attached hydrogens (primary N) is 1. The van der Waals surface area contributed by atoms with Crippen molar-refractivity contribution in [3.63, 3.8) is 0 Å². The van der Waals surface area contributed by atoms with Crippen LogP contribution in [-0.4, -0.2) is 25.1 Å². The van der Waals surface area contributed by atoms with Crippen LogP contribution < -0.4 is 5.73 Å². The minimum atomic E-state index is -0.00168. The Morgan fingerprint density at radius 3 is 2.31 bits per heavy atom. The van der Waals surface area contributed by atoms with Gasteiger partial charge in [0.2, 0.25) is 0 Å².